The van der Waals surface area contributed by atoms with Crippen LogP contribution in [0, 0.1) is 10.8 Å². The molecule has 2 N–H and O–H groups in total. The van der Waals surface area contributed by atoms with Gasteiger partial charge in [-0.1, -0.05) is 39.3 Å². The standard InChI is InChI=1S/C15H25ClN4/c1-14(2)6-10(7-15(3,4)9-14)19-12-11(16)8-18-13(17-5)20-12/h8,10H,6-7,9H2,1-5H3,(H2,17,18,19,20). The van der Waals surface area contributed by atoms with Gasteiger partial charge in [0.25, 0.3) is 0 Å². The molecular formula is C15H25ClN4. The fourth-order valence-corrected chi connectivity index (χ4v) is 3.88. The van der Waals surface area contributed by atoms with Crippen LogP contribution in [-0.2, 0) is 0 Å². The number of halogens is 1. The van der Waals surface area contributed by atoms with Crippen LogP contribution in [0.3, 0.4) is 0 Å². The van der Waals surface area contributed by atoms with Crippen molar-refractivity contribution in [1.29, 1.82) is 0 Å². The van der Waals surface area contributed by atoms with E-state index < -0.39 is 0 Å². The lowest BCUT2D eigenvalue weighted by atomic mass is 9.63. The monoisotopic (exact) mass is 296 g/mol. The Morgan fingerprint density at radius 2 is 1.80 bits per heavy atom. The average Bonchev–Trinajstić information content (AvgIpc) is 2.28. The lowest BCUT2D eigenvalue weighted by Gasteiger charge is -2.45. The summed E-state index contributed by atoms with van der Waals surface area (Å²) in [6.45, 7) is 9.35. The molecule has 4 nitrogen and oxygen atoms in total. The van der Waals surface area contributed by atoms with Crippen molar-refractivity contribution in [2.45, 2.75) is 53.0 Å². The van der Waals surface area contributed by atoms with Crippen molar-refractivity contribution < 1.29 is 0 Å². The second-order valence-electron chi connectivity index (χ2n) is 7.39. The van der Waals surface area contributed by atoms with Crippen LogP contribution in [0.4, 0.5) is 11.8 Å². The highest BCUT2D eigenvalue weighted by Crippen LogP contribution is 2.46. The van der Waals surface area contributed by atoms with Crippen LogP contribution in [0.5, 0.6) is 0 Å². The first-order valence-corrected chi connectivity index (χ1v) is 7.55. The van der Waals surface area contributed by atoms with Crippen LogP contribution in [0.25, 0.3) is 0 Å². The molecule has 2 rings (SSSR count). The smallest absolute Gasteiger partial charge is 0.224 e. The third kappa shape index (κ3) is 3.75. The van der Waals surface area contributed by atoms with E-state index in [1.165, 1.54) is 6.42 Å². The minimum Gasteiger partial charge on any atom is -0.366 e. The van der Waals surface area contributed by atoms with Crippen molar-refractivity contribution in [1.82, 2.24) is 9.97 Å². The van der Waals surface area contributed by atoms with Crippen LogP contribution in [0.1, 0.15) is 47.0 Å². The van der Waals surface area contributed by atoms with E-state index in [-0.39, 0.29) is 0 Å². The Morgan fingerprint density at radius 3 is 2.35 bits per heavy atom. The maximum absolute atomic E-state index is 6.20. The number of aromatic nitrogens is 2. The number of nitrogens with zero attached hydrogens (tertiary/aromatic N) is 2. The lowest BCUT2D eigenvalue weighted by molar-refractivity contribution is 0.105. The molecule has 0 aromatic carbocycles. The normalized spacial score (nSPS) is 21.5. The summed E-state index contributed by atoms with van der Waals surface area (Å²) < 4.78 is 0. The largest absolute Gasteiger partial charge is 0.366 e. The summed E-state index contributed by atoms with van der Waals surface area (Å²) in [7, 11) is 1.81. The summed E-state index contributed by atoms with van der Waals surface area (Å²) in [4.78, 5) is 8.53. The molecule has 0 saturated heterocycles. The summed E-state index contributed by atoms with van der Waals surface area (Å²) in [5, 5.41) is 7.03. The third-order valence-corrected chi connectivity index (χ3v) is 4.14. The molecule has 1 aliphatic rings. The predicted molar refractivity (Wildman–Crippen MR) is 85.4 cm³/mol. The maximum Gasteiger partial charge on any atom is 0.224 e. The molecule has 1 aromatic heterocycles. The zero-order valence-electron chi connectivity index (χ0n) is 13.0. The van der Waals surface area contributed by atoms with Crippen molar-refractivity contribution >= 4 is 23.4 Å². The maximum atomic E-state index is 6.20. The van der Waals surface area contributed by atoms with E-state index in [1.54, 1.807) is 13.2 Å². The molecule has 0 spiro atoms. The Labute approximate surface area is 126 Å². The fraction of sp³-hybridized carbons (Fsp3) is 0.733. The van der Waals surface area contributed by atoms with Crippen molar-refractivity contribution in [3.05, 3.63) is 11.2 Å². The van der Waals surface area contributed by atoms with Crippen LogP contribution >= 0.6 is 11.6 Å². The molecule has 0 unspecified atom stereocenters. The minimum absolute atomic E-state index is 0.338. The van der Waals surface area contributed by atoms with Gasteiger partial charge < -0.3 is 10.6 Å². The molecule has 0 aliphatic heterocycles. The molecule has 0 radical (unpaired) electrons. The Kier molecular flexibility index (Phi) is 4.14. The molecule has 1 aromatic rings. The number of hydrogen-bond acceptors (Lipinski definition) is 4. The molecule has 112 valence electrons. The topological polar surface area (TPSA) is 49.8 Å². The van der Waals surface area contributed by atoms with Gasteiger partial charge in [0.2, 0.25) is 5.95 Å². The quantitative estimate of drug-likeness (QED) is 0.878. The van der Waals surface area contributed by atoms with E-state index in [1.807, 2.05) is 0 Å². The Morgan fingerprint density at radius 1 is 1.20 bits per heavy atom. The van der Waals surface area contributed by atoms with Gasteiger partial charge in [-0.15, -0.1) is 0 Å². The predicted octanol–water partition coefficient (Wildman–Crippen LogP) is 4.19. The third-order valence-electron chi connectivity index (χ3n) is 3.86. The van der Waals surface area contributed by atoms with E-state index in [0.29, 0.717) is 27.8 Å². The second-order valence-corrected chi connectivity index (χ2v) is 7.80. The summed E-state index contributed by atoms with van der Waals surface area (Å²) in [6.07, 6.45) is 5.15. The van der Waals surface area contributed by atoms with Crippen LogP contribution < -0.4 is 10.6 Å². The zero-order valence-corrected chi connectivity index (χ0v) is 13.8. The van der Waals surface area contributed by atoms with Gasteiger partial charge in [-0.25, -0.2) is 4.98 Å². The van der Waals surface area contributed by atoms with E-state index in [0.717, 1.165) is 18.7 Å². The first-order chi connectivity index (χ1) is 9.21. The summed E-state index contributed by atoms with van der Waals surface area (Å²) in [5.41, 5.74) is 0.676. The Hall–Kier alpha value is -1.03. The van der Waals surface area contributed by atoms with Gasteiger partial charge in [-0.3, -0.25) is 0 Å². The lowest BCUT2D eigenvalue weighted by Crippen LogP contribution is -2.40. The number of hydrogen-bond donors (Lipinski definition) is 2. The summed E-state index contributed by atoms with van der Waals surface area (Å²) in [6, 6.07) is 0.394. The van der Waals surface area contributed by atoms with Crippen LogP contribution in [0.15, 0.2) is 6.20 Å². The summed E-state index contributed by atoms with van der Waals surface area (Å²) in [5.74, 6) is 1.32. The molecule has 1 aliphatic carbocycles. The highest BCUT2D eigenvalue weighted by molar-refractivity contribution is 6.32. The van der Waals surface area contributed by atoms with Gasteiger partial charge in [0.1, 0.15) is 5.02 Å². The van der Waals surface area contributed by atoms with E-state index in [2.05, 4.69) is 48.3 Å². The molecule has 0 bridgehead atoms. The van der Waals surface area contributed by atoms with Crippen molar-refractivity contribution in [3.8, 4) is 0 Å². The second kappa shape index (κ2) is 5.40. The zero-order chi connectivity index (χ0) is 15.0. The fourth-order valence-electron chi connectivity index (χ4n) is 3.73. The van der Waals surface area contributed by atoms with Gasteiger partial charge in [0.15, 0.2) is 5.82 Å². The minimum atomic E-state index is 0.338. The Balaban J connectivity index is 2.17. The Bertz CT molecular complexity index is 469. The summed E-state index contributed by atoms with van der Waals surface area (Å²) >= 11 is 6.20. The first-order valence-electron chi connectivity index (χ1n) is 7.18. The van der Waals surface area contributed by atoms with Gasteiger partial charge in [-0.2, -0.15) is 4.98 Å². The van der Waals surface area contributed by atoms with E-state index >= 15 is 0 Å². The van der Waals surface area contributed by atoms with Crippen LogP contribution in [0.2, 0.25) is 5.02 Å². The first kappa shape index (κ1) is 15.4. The van der Waals surface area contributed by atoms with Gasteiger partial charge in [0.05, 0.1) is 6.20 Å². The van der Waals surface area contributed by atoms with Crippen LogP contribution in [-0.4, -0.2) is 23.1 Å². The van der Waals surface area contributed by atoms with Gasteiger partial charge in [0, 0.05) is 13.1 Å². The highest BCUT2D eigenvalue weighted by Gasteiger charge is 2.38. The number of rotatable bonds is 3. The van der Waals surface area contributed by atoms with Crippen molar-refractivity contribution in [2.24, 2.45) is 10.8 Å². The van der Waals surface area contributed by atoms with E-state index in [9.17, 15) is 0 Å². The number of nitrogens with one attached hydrogen (secondary N) is 2. The van der Waals surface area contributed by atoms with Crippen molar-refractivity contribution in [2.75, 3.05) is 17.7 Å². The van der Waals surface area contributed by atoms with Crippen molar-refractivity contribution in [3.63, 3.8) is 0 Å². The van der Waals surface area contributed by atoms with Gasteiger partial charge in [-0.05, 0) is 30.1 Å². The van der Waals surface area contributed by atoms with E-state index in [4.69, 9.17) is 11.6 Å². The SMILES string of the molecule is CNc1ncc(Cl)c(NC2CC(C)(C)CC(C)(C)C2)n1. The molecule has 20 heavy (non-hydrogen) atoms. The molecule has 5 heteroatoms. The molecule has 0 amide bonds. The molecular weight excluding hydrogens is 272 g/mol. The molecule has 1 fully saturated rings. The van der Waals surface area contributed by atoms with Gasteiger partial charge >= 0.3 is 0 Å². The molecule has 0 atom stereocenters. The average molecular weight is 297 g/mol. The molecule has 1 saturated carbocycles. The number of anilines is 2. The molecule has 1 heterocycles. The highest BCUT2D eigenvalue weighted by atomic mass is 35.5.